The number of hydrogen-bond donors (Lipinski definition) is 1. The SMILES string of the molecule is CCOc1ccc(C2C(=C(O)c3ccc(OCc4cccc(C)c4)cc3)C(=O)C(=O)N2c2nnc(C)s2)cc1OC. The van der Waals surface area contributed by atoms with Crippen LogP contribution in [0.4, 0.5) is 5.13 Å². The van der Waals surface area contributed by atoms with Crippen molar-refractivity contribution in [2.75, 3.05) is 18.6 Å². The van der Waals surface area contributed by atoms with Crippen molar-refractivity contribution in [2.45, 2.75) is 33.4 Å². The summed E-state index contributed by atoms with van der Waals surface area (Å²) in [4.78, 5) is 28.1. The van der Waals surface area contributed by atoms with Gasteiger partial charge in [-0.05, 0) is 68.3 Å². The van der Waals surface area contributed by atoms with Crippen LogP contribution in [0.5, 0.6) is 17.2 Å². The first-order chi connectivity index (χ1) is 19.8. The van der Waals surface area contributed by atoms with Crippen LogP contribution in [0.1, 0.15) is 40.2 Å². The van der Waals surface area contributed by atoms with Crippen molar-refractivity contribution in [3.8, 4) is 17.2 Å². The van der Waals surface area contributed by atoms with Crippen LogP contribution in [0.3, 0.4) is 0 Å². The van der Waals surface area contributed by atoms with Gasteiger partial charge in [0.2, 0.25) is 5.13 Å². The number of rotatable bonds is 9. The molecule has 1 amide bonds. The lowest BCUT2D eigenvalue weighted by Crippen LogP contribution is -2.29. The van der Waals surface area contributed by atoms with Crippen LogP contribution >= 0.6 is 11.3 Å². The van der Waals surface area contributed by atoms with E-state index in [0.29, 0.717) is 46.6 Å². The zero-order chi connectivity index (χ0) is 29.1. The topological polar surface area (TPSA) is 111 Å². The Labute approximate surface area is 241 Å². The lowest BCUT2D eigenvalue weighted by molar-refractivity contribution is -0.132. The van der Waals surface area contributed by atoms with Crippen LogP contribution in [0.25, 0.3) is 5.76 Å². The molecule has 1 aliphatic heterocycles. The molecule has 1 N–H and O–H groups in total. The first-order valence-electron chi connectivity index (χ1n) is 13.0. The van der Waals surface area contributed by atoms with Crippen molar-refractivity contribution in [3.05, 3.63) is 99.6 Å². The Balaban J connectivity index is 1.53. The standard InChI is InChI=1S/C31H29N3O6S/c1-5-39-24-14-11-22(16-25(24)38-4)27-26(29(36)30(37)34(27)31-33-32-19(3)41-31)28(35)21-9-12-23(13-10-21)40-17-20-8-6-7-18(2)15-20/h6-16,27,35H,5,17H2,1-4H3. The van der Waals surface area contributed by atoms with Crippen molar-refractivity contribution in [1.82, 2.24) is 10.2 Å². The van der Waals surface area contributed by atoms with Crippen molar-refractivity contribution >= 4 is 33.9 Å². The number of aryl methyl sites for hydroxylation is 2. The van der Waals surface area contributed by atoms with Gasteiger partial charge in [-0.15, -0.1) is 10.2 Å². The molecule has 0 aliphatic carbocycles. The predicted octanol–water partition coefficient (Wildman–Crippen LogP) is 5.77. The molecule has 10 heteroatoms. The van der Waals surface area contributed by atoms with Crippen LogP contribution in [0.2, 0.25) is 0 Å². The maximum atomic E-state index is 13.4. The Bertz CT molecular complexity index is 1630. The monoisotopic (exact) mass is 571 g/mol. The molecule has 0 bridgehead atoms. The summed E-state index contributed by atoms with van der Waals surface area (Å²) in [6.07, 6.45) is 0. The molecular formula is C31H29N3O6S. The summed E-state index contributed by atoms with van der Waals surface area (Å²) in [5, 5.41) is 20.5. The molecule has 0 spiro atoms. The molecule has 1 aliphatic rings. The van der Waals surface area contributed by atoms with Gasteiger partial charge in [0.05, 0.1) is 25.3 Å². The summed E-state index contributed by atoms with van der Waals surface area (Å²) in [6, 6.07) is 18.9. The van der Waals surface area contributed by atoms with Crippen molar-refractivity contribution < 1.29 is 28.9 Å². The fourth-order valence-corrected chi connectivity index (χ4v) is 5.41. The Morgan fingerprint density at radius 2 is 1.76 bits per heavy atom. The summed E-state index contributed by atoms with van der Waals surface area (Å²) in [5.41, 5.74) is 3.02. The highest BCUT2D eigenvalue weighted by molar-refractivity contribution is 7.15. The van der Waals surface area contributed by atoms with Crippen molar-refractivity contribution in [2.24, 2.45) is 0 Å². The van der Waals surface area contributed by atoms with E-state index < -0.39 is 17.7 Å². The van der Waals surface area contributed by atoms with E-state index in [1.54, 1.807) is 49.4 Å². The number of ketones is 1. The third-order valence-electron chi connectivity index (χ3n) is 6.58. The second-order valence-electron chi connectivity index (χ2n) is 9.42. The average molecular weight is 572 g/mol. The van der Waals surface area contributed by atoms with E-state index in [-0.39, 0.29) is 16.5 Å². The fourth-order valence-electron chi connectivity index (χ4n) is 4.69. The normalized spacial score (nSPS) is 16.2. The van der Waals surface area contributed by atoms with Gasteiger partial charge in [0.25, 0.3) is 5.78 Å². The summed E-state index contributed by atoms with van der Waals surface area (Å²) in [5.74, 6) is -0.398. The minimum atomic E-state index is -0.968. The molecule has 5 rings (SSSR count). The number of nitrogens with zero attached hydrogens (tertiary/aromatic N) is 3. The van der Waals surface area contributed by atoms with Gasteiger partial charge in [-0.3, -0.25) is 14.5 Å². The van der Waals surface area contributed by atoms with Gasteiger partial charge in [-0.2, -0.15) is 0 Å². The third kappa shape index (κ3) is 5.64. The smallest absolute Gasteiger partial charge is 0.301 e. The summed E-state index contributed by atoms with van der Waals surface area (Å²) in [7, 11) is 1.51. The summed E-state index contributed by atoms with van der Waals surface area (Å²) < 4.78 is 17.1. The number of carbonyl (C=O) groups is 2. The molecule has 3 aromatic carbocycles. The van der Waals surface area contributed by atoms with Gasteiger partial charge >= 0.3 is 5.91 Å². The van der Waals surface area contributed by atoms with E-state index in [0.717, 1.165) is 11.1 Å². The molecule has 0 radical (unpaired) electrons. The van der Waals surface area contributed by atoms with E-state index in [1.807, 2.05) is 32.0 Å². The van der Waals surface area contributed by atoms with Gasteiger partial charge in [-0.1, -0.05) is 47.2 Å². The number of ether oxygens (including phenoxy) is 3. The highest BCUT2D eigenvalue weighted by atomic mass is 32.1. The minimum absolute atomic E-state index is 0.0671. The quantitative estimate of drug-likeness (QED) is 0.153. The number of aliphatic hydroxyl groups excluding tert-OH is 1. The molecule has 1 aromatic heterocycles. The third-order valence-corrected chi connectivity index (χ3v) is 7.42. The zero-order valence-electron chi connectivity index (χ0n) is 23.1. The number of anilines is 1. The van der Waals surface area contributed by atoms with Gasteiger partial charge in [-0.25, -0.2) is 0 Å². The molecule has 41 heavy (non-hydrogen) atoms. The van der Waals surface area contributed by atoms with E-state index in [1.165, 1.54) is 23.3 Å². The van der Waals surface area contributed by atoms with Crippen LogP contribution < -0.4 is 19.1 Å². The molecule has 210 valence electrons. The van der Waals surface area contributed by atoms with Gasteiger partial charge < -0.3 is 19.3 Å². The number of aromatic nitrogens is 2. The largest absolute Gasteiger partial charge is 0.507 e. The Kier molecular flexibility index (Phi) is 8.02. The van der Waals surface area contributed by atoms with E-state index in [2.05, 4.69) is 16.3 Å². The first-order valence-corrected chi connectivity index (χ1v) is 13.8. The first kappa shape index (κ1) is 27.9. The second-order valence-corrected chi connectivity index (χ2v) is 10.6. The number of methoxy groups -OCH3 is 1. The predicted molar refractivity (Wildman–Crippen MR) is 156 cm³/mol. The van der Waals surface area contributed by atoms with Crippen molar-refractivity contribution in [1.29, 1.82) is 0 Å². The highest BCUT2D eigenvalue weighted by Gasteiger charge is 2.48. The lowest BCUT2D eigenvalue weighted by atomic mass is 9.95. The number of benzene rings is 3. The highest BCUT2D eigenvalue weighted by Crippen LogP contribution is 2.44. The Morgan fingerprint density at radius 1 is 0.976 bits per heavy atom. The molecule has 1 saturated heterocycles. The van der Waals surface area contributed by atoms with E-state index in [9.17, 15) is 14.7 Å². The maximum Gasteiger partial charge on any atom is 0.301 e. The Hall–Kier alpha value is -4.70. The minimum Gasteiger partial charge on any atom is -0.507 e. The van der Waals surface area contributed by atoms with E-state index >= 15 is 0 Å². The van der Waals surface area contributed by atoms with Gasteiger partial charge in [0.15, 0.2) is 11.5 Å². The van der Waals surface area contributed by atoms with Crippen LogP contribution in [-0.4, -0.2) is 40.7 Å². The summed E-state index contributed by atoms with van der Waals surface area (Å²) >= 11 is 1.18. The van der Waals surface area contributed by atoms with Crippen LogP contribution in [0, 0.1) is 13.8 Å². The van der Waals surface area contributed by atoms with Crippen LogP contribution in [-0.2, 0) is 16.2 Å². The molecule has 9 nitrogen and oxygen atoms in total. The Morgan fingerprint density at radius 3 is 2.41 bits per heavy atom. The van der Waals surface area contributed by atoms with Crippen LogP contribution in [0.15, 0.2) is 72.3 Å². The molecule has 1 fully saturated rings. The average Bonchev–Trinajstić information content (AvgIpc) is 3.52. The fraction of sp³-hybridized carbons (Fsp3) is 0.226. The van der Waals surface area contributed by atoms with Gasteiger partial charge in [0, 0.05) is 5.56 Å². The molecule has 2 heterocycles. The lowest BCUT2D eigenvalue weighted by Gasteiger charge is -2.23. The second kappa shape index (κ2) is 11.8. The maximum absolute atomic E-state index is 13.4. The number of Topliss-reactive ketones (excluding diaryl/α,β-unsaturated/α-hetero) is 1. The molecular weight excluding hydrogens is 542 g/mol. The molecule has 1 unspecified atom stereocenters. The summed E-state index contributed by atoms with van der Waals surface area (Å²) in [6.45, 7) is 6.46. The number of carbonyl (C=O) groups excluding carboxylic acids is 2. The number of hydrogen-bond acceptors (Lipinski definition) is 9. The number of amides is 1. The molecule has 4 aromatic rings. The van der Waals surface area contributed by atoms with Gasteiger partial charge in [0.1, 0.15) is 23.1 Å². The number of aliphatic hydroxyl groups is 1. The molecule has 0 saturated carbocycles. The van der Waals surface area contributed by atoms with E-state index in [4.69, 9.17) is 14.2 Å². The molecule has 1 atom stereocenters. The zero-order valence-corrected chi connectivity index (χ0v) is 23.9. The van der Waals surface area contributed by atoms with Crippen molar-refractivity contribution in [3.63, 3.8) is 0 Å².